The third-order valence-electron chi connectivity index (χ3n) is 1.90. The van der Waals surface area contributed by atoms with Crippen LogP contribution in [0.15, 0.2) is 0 Å². The van der Waals surface area contributed by atoms with Gasteiger partial charge in [-0.2, -0.15) is 12.7 Å². The average Bonchev–Trinajstić information content (AvgIpc) is 2.14. The molecule has 0 aliphatic rings. The predicted octanol–water partition coefficient (Wildman–Crippen LogP) is 0.323. The van der Waals surface area contributed by atoms with Crippen molar-refractivity contribution >= 4 is 22.6 Å². The molecule has 0 aliphatic heterocycles. The lowest BCUT2D eigenvalue weighted by atomic mass is 10.3. The van der Waals surface area contributed by atoms with E-state index in [4.69, 9.17) is 5.73 Å². The molecule has 7 heteroatoms. The maximum Gasteiger partial charge on any atom is 0.279 e. The summed E-state index contributed by atoms with van der Waals surface area (Å²) in [6, 6.07) is 0. The van der Waals surface area contributed by atoms with E-state index < -0.39 is 10.2 Å². The Balaban J connectivity index is 0. The summed E-state index contributed by atoms with van der Waals surface area (Å²) in [5, 5.41) is 0. The Hall–Kier alpha value is 0.120. The fourth-order valence-corrected chi connectivity index (χ4v) is 1.91. The molecule has 0 aromatic heterocycles. The molecular formula is C8H22ClN3O2S. The lowest BCUT2D eigenvalue weighted by Crippen LogP contribution is -2.39. The van der Waals surface area contributed by atoms with Crippen LogP contribution < -0.4 is 10.5 Å². The summed E-state index contributed by atoms with van der Waals surface area (Å²) in [4.78, 5) is 0. The molecule has 0 heterocycles. The molecular weight excluding hydrogens is 238 g/mol. The van der Waals surface area contributed by atoms with Crippen molar-refractivity contribution in [2.45, 2.75) is 26.2 Å². The van der Waals surface area contributed by atoms with Crippen LogP contribution in [0.3, 0.4) is 0 Å². The molecule has 0 atom stereocenters. The van der Waals surface area contributed by atoms with Crippen molar-refractivity contribution in [2.24, 2.45) is 5.73 Å². The first-order chi connectivity index (χ1) is 6.54. The maximum absolute atomic E-state index is 11.5. The molecule has 0 fully saturated rings. The number of nitrogens with one attached hydrogen (secondary N) is 1. The highest BCUT2D eigenvalue weighted by atomic mass is 35.5. The van der Waals surface area contributed by atoms with Crippen molar-refractivity contribution in [1.82, 2.24) is 9.03 Å². The fourth-order valence-electron chi connectivity index (χ4n) is 0.914. The van der Waals surface area contributed by atoms with Gasteiger partial charge in [-0.25, -0.2) is 4.72 Å². The lowest BCUT2D eigenvalue weighted by molar-refractivity contribution is 0.448. The smallest absolute Gasteiger partial charge is 0.279 e. The number of nitrogens with two attached hydrogens (primary N) is 1. The van der Waals surface area contributed by atoms with Gasteiger partial charge < -0.3 is 5.73 Å². The van der Waals surface area contributed by atoms with Gasteiger partial charge in [-0.1, -0.05) is 13.3 Å². The van der Waals surface area contributed by atoms with Gasteiger partial charge in [0.1, 0.15) is 0 Å². The van der Waals surface area contributed by atoms with Crippen molar-refractivity contribution in [3.05, 3.63) is 0 Å². The van der Waals surface area contributed by atoms with Crippen molar-refractivity contribution in [1.29, 1.82) is 0 Å². The summed E-state index contributed by atoms with van der Waals surface area (Å²) < 4.78 is 26.8. The molecule has 0 rings (SSSR count). The van der Waals surface area contributed by atoms with E-state index in [0.717, 1.165) is 12.8 Å². The van der Waals surface area contributed by atoms with Gasteiger partial charge in [0.15, 0.2) is 0 Å². The zero-order valence-electron chi connectivity index (χ0n) is 9.40. The molecule has 5 nitrogen and oxygen atoms in total. The first kappa shape index (κ1) is 17.5. The number of rotatable bonds is 8. The lowest BCUT2D eigenvalue weighted by Gasteiger charge is -2.16. The van der Waals surface area contributed by atoms with Gasteiger partial charge in [0.25, 0.3) is 10.2 Å². The van der Waals surface area contributed by atoms with Gasteiger partial charge in [-0.15, -0.1) is 12.4 Å². The number of unbranched alkanes of at least 4 members (excludes halogenated alkanes) is 1. The zero-order valence-corrected chi connectivity index (χ0v) is 11.0. The van der Waals surface area contributed by atoms with Crippen LogP contribution in [0.5, 0.6) is 0 Å². The minimum Gasteiger partial charge on any atom is -0.330 e. The van der Waals surface area contributed by atoms with E-state index in [1.807, 2.05) is 6.92 Å². The van der Waals surface area contributed by atoms with Crippen molar-refractivity contribution in [3.8, 4) is 0 Å². The standard InChI is InChI=1S/C8H21N3O2S.ClH/c1-3-4-8-11(2)14(12,13)10-7-5-6-9;/h10H,3-9H2,1-2H3;1H. The van der Waals surface area contributed by atoms with E-state index in [-0.39, 0.29) is 12.4 Å². The summed E-state index contributed by atoms with van der Waals surface area (Å²) in [6.45, 7) is 3.51. The van der Waals surface area contributed by atoms with Gasteiger partial charge in [0.2, 0.25) is 0 Å². The van der Waals surface area contributed by atoms with Gasteiger partial charge in [-0.3, -0.25) is 0 Å². The SMILES string of the molecule is CCCCN(C)S(=O)(=O)NCCCN.Cl. The number of halogens is 1. The summed E-state index contributed by atoms with van der Waals surface area (Å²) in [5.41, 5.74) is 5.27. The molecule has 3 N–H and O–H groups in total. The first-order valence-corrected chi connectivity index (χ1v) is 6.39. The first-order valence-electron chi connectivity index (χ1n) is 4.95. The zero-order chi connectivity index (χ0) is 11.0. The quantitative estimate of drug-likeness (QED) is 0.617. The molecule has 0 unspecified atom stereocenters. The normalized spacial score (nSPS) is 11.5. The molecule has 0 bridgehead atoms. The number of nitrogens with zero attached hydrogens (tertiary/aromatic N) is 1. The Kier molecular flexibility index (Phi) is 10.9. The van der Waals surface area contributed by atoms with E-state index in [1.165, 1.54) is 4.31 Å². The van der Waals surface area contributed by atoms with Crippen LogP contribution in [-0.2, 0) is 10.2 Å². The molecule has 94 valence electrons. The highest BCUT2D eigenvalue weighted by Gasteiger charge is 2.15. The minimum absolute atomic E-state index is 0. The molecule has 0 saturated carbocycles. The Morgan fingerprint density at radius 3 is 2.40 bits per heavy atom. The van der Waals surface area contributed by atoms with Gasteiger partial charge in [-0.05, 0) is 19.4 Å². The second-order valence-electron chi connectivity index (χ2n) is 3.22. The molecule has 0 aromatic rings. The van der Waals surface area contributed by atoms with E-state index >= 15 is 0 Å². The number of hydrogen-bond donors (Lipinski definition) is 2. The van der Waals surface area contributed by atoms with E-state index in [9.17, 15) is 8.42 Å². The predicted molar refractivity (Wildman–Crippen MR) is 65.4 cm³/mol. The Bertz CT molecular complexity index is 234. The van der Waals surface area contributed by atoms with Gasteiger partial charge in [0, 0.05) is 20.1 Å². The topological polar surface area (TPSA) is 75.4 Å². The molecule has 0 aliphatic carbocycles. The molecule has 0 aromatic carbocycles. The van der Waals surface area contributed by atoms with Crippen LogP contribution in [0.25, 0.3) is 0 Å². The van der Waals surface area contributed by atoms with E-state index in [2.05, 4.69) is 4.72 Å². The highest BCUT2D eigenvalue weighted by molar-refractivity contribution is 7.87. The van der Waals surface area contributed by atoms with Crippen LogP contribution in [0.1, 0.15) is 26.2 Å². The highest BCUT2D eigenvalue weighted by Crippen LogP contribution is 1.97. The van der Waals surface area contributed by atoms with Crippen molar-refractivity contribution < 1.29 is 8.42 Å². The van der Waals surface area contributed by atoms with Crippen LogP contribution >= 0.6 is 12.4 Å². The van der Waals surface area contributed by atoms with Crippen LogP contribution in [0, 0.1) is 0 Å². The Morgan fingerprint density at radius 2 is 1.93 bits per heavy atom. The van der Waals surface area contributed by atoms with Gasteiger partial charge >= 0.3 is 0 Å². The van der Waals surface area contributed by atoms with Crippen LogP contribution in [0.2, 0.25) is 0 Å². The molecule has 0 spiro atoms. The second kappa shape index (κ2) is 9.35. The van der Waals surface area contributed by atoms with Crippen LogP contribution in [0.4, 0.5) is 0 Å². The fraction of sp³-hybridized carbons (Fsp3) is 1.00. The minimum atomic E-state index is -3.28. The third kappa shape index (κ3) is 7.98. The second-order valence-corrected chi connectivity index (χ2v) is 5.08. The van der Waals surface area contributed by atoms with Crippen molar-refractivity contribution in [3.63, 3.8) is 0 Å². The summed E-state index contributed by atoms with van der Waals surface area (Å²) in [6.07, 6.45) is 2.54. The van der Waals surface area contributed by atoms with E-state index in [1.54, 1.807) is 7.05 Å². The molecule has 0 saturated heterocycles. The summed E-state index contributed by atoms with van der Waals surface area (Å²) >= 11 is 0. The van der Waals surface area contributed by atoms with Gasteiger partial charge in [0.05, 0.1) is 0 Å². The number of hydrogen-bond acceptors (Lipinski definition) is 3. The van der Waals surface area contributed by atoms with Crippen molar-refractivity contribution in [2.75, 3.05) is 26.7 Å². The molecule has 15 heavy (non-hydrogen) atoms. The largest absolute Gasteiger partial charge is 0.330 e. The van der Waals surface area contributed by atoms with Crippen LogP contribution in [-0.4, -0.2) is 39.4 Å². The maximum atomic E-state index is 11.5. The average molecular weight is 260 g/mol. The molecule has 0 radical (unpaired) electrons. The summed E-state index contributed by atoms with van der Waals surface area (Å²) in [7, 11) is -1.69. The third-order valence-corrected chi connectivity index (χ3v) is 3.47. The summed E-state index contributed by atoms with van der Waals surface area (Å²) in [5.74, 6) is 0. The molecule has 0 amide bonds. The monoisotopic (exact) mass is 259 g/mol. The Morgan fingerprint density at radius 1 is 1.33 bits per heavy atom. The Labute approximate surface area is 99.0 Å². The van der Waals surface area contributed by atoms with E-state index in [0.29, 0.717) is 26.1 Å².